The molecule has 2 heterocycles. The average molecular weight is 259 g/mol. The number of fused-ring (bicyclic) bond motifs is 2. The van der Waals surface area contributed by atoms with E-state index in [0.29, 0.717) is 16.4 Å². The molecule has 0 unspecified atom stereocenters. The summed E-state index contributed by atoms with van der Waals surface area (Å²) in [5.74, 6) is 0. The van der Waals surface area contributed by atoms with Gasteiger partial charge in [0.05, 0.1) is 27.7 Å². The van der Waals surface area contributed by atoms with Crippen LogP contribution in [0.1, 0.15) is 5.56 Å². The monoisotopic (exact) mass is 259 g/mol. The number of hydrogen-bond acceptors (Lipinski definition) is 4. The summed E-state index contributed by atoms with van der Waals surface area (Å²) in [6, 6.07) is 9.28. The molecular weight excluding hydrogens is 249 g/mol. The van der Waals surface area contributed by atoms with Gasteiger partial charge in [-0.1, -0.05) is 29.7 Å². The minimum atomic E-state index is -0.223. The molecule has 1 aliphatic heterocycles. The Morgan fingerprint density at radius 2 is 1.80 bits per heavy atom. The topological polar surface area (TPSA) is 54.0 Å². The van der Waals surface area contributed by atoms with Crippen LogP contribution in [0.2, 0.25) is 0 Å². The summed E-state index contributed by atoms with van der Waals surface area (Å²) >= 11 is 0. The number of hydrogen-bond donors (Lipinski definition) is 2. The molecule has 0 amide bonds. The zero-order chi connectivity index (χ0) is 13.9. The lowest BCUT2D eigenvalue weighted by Crippen LogP contribution is -2.13. The predicted molar refractivity (Wildman–Crippen MR) is 82.9 cm³/mol. The third-order valence-corrected chi connectivity index (χ3v) is 3.72. The van der Waals surface area contributed by atoms with Crippen molar-refractivity contribution in [3.05, 3.63) is 46.2 Å². The fourth-order valence-electron chi connectivity index (χ4n) is 2.79. The zero-order valence-electron chi connectivity index (χ0n) is 10.8. The van der Waals surface area contributed by atoms with Crippen molar-refractivity contribution in [2.75, 3.05) is 10.9 Å². The molecule has 0 atom stereocenters. The first-order valence-corrected chi connectivity index (χ1v) is 6.34. The van der Waals surface area contributed by atoms with Gasteiger partial charge in [-0.3, -0.25) is 10.2 Å². The normalized spacial score (nSPS) is 12.4. The SMILES string of the molecule is [B]c1cc(C)c2nc(=O)c3ccccc3c3c2c1NN3. The van der Waals surface area contributed by atoms with Crippen molar-refractivity contribution in [1.82, 2.24) is 4.98 Å². The van der Waals surface area contributed by atoms with E-state index in [1.165, 1.54) is 0 Å². The van der Waals surface area contributed by atoms with Gasteiger partial charge in [0.25, 0.3) is 5.56 Å². The van der Waals surface area contributed by atoms with Gasteiger partial charge in [-0.2, -0.15) is 0 Å². The number of anilines is 2. The molecule has 2 radical (unpaired) electrons. The Hall–Kier alpha value is -2.56. The number of nitrogens with zero attached hydrogens (tertiary/aromatic N) is 1. The number of nitrogens with one attached hydrogen (secondary N) is 2. The maximum Gasteiger partial charge on any atom is 0.278 e. The van der Waals surface area contributed by atoms with E-state index >= 15 is 0 Å². The van der Waals surface area contributed by atoms with E-state index in [2.05, 4.69) is 15.8 Å². The first-order chi connectivity index (χ1) is 9.66. The summed E-state index contributed by atoms with van der Waals surface area (Å²) in [5, 5.41) is 2.32. The number of aromatic nitrogens is 1. The molecule has 0 saturated heterocycles. The van der Waals surface area contributed by atoms with Crippen molar-refractivity contribution in [2.45, 2.75) is 6.92 Å². The molecule has 0 saturated carbocycles. The van der Waals surface area contributed by atoms with Crippen LogP contribution in [0, 0.1) is 6.92 Å². The standard InChI is InChI=1S/C15H10BN3O/c1-7-6-10(16)14-11-12(7)17-15(20)9-5-3-2-4-8(9)13(11)18-19-14/h2-6,18-19H,1H3. The van der Waals surface area contributed by atoms with E-state index in [1.54, 1.807) is 6.07 Å². The van der Waals surface area contributed by atoms with Gasteiger partial charge in [-0.05, 0) is 18.6 Å². The Bertz CT molecular complexity index is 953. The van der Waals surface area contributed by atoms with Crippen molar-refractivity contribution in [1.29, 1.82) is 0 Å². The molecule has 2 N–H and O–H groups in total. The molecule has 5 heteroatoms. The molecule has 3 aromatic rings. The number of benzene rings is 2. The highest BCUT2D eigenvalue weighted by Gasteiger charge is 2.20. The first-order valence-electron chi connectivity index (χ1n) is 6.34. The maximum absolute atomic E-state index is 12.3. The van der Waals surface area contributed by atoms with Crippen LogP contribution in [0.25, 0.3) is 21.7 Å². The van der Waals surface area contributed by atoms with Crippen LogP contribution in [-0.4, -0.2) is 12.8 Å². The molecule has 0 fully saturated rings. The van der Waals surface area contributed by atoms with E-state index in [9.17, 15) is 4.79 Å². The van der Waals surface area contributed by atoms with E-state index in [-0.39, 0.29) is 5.56 Å². The van der Waals surface area contributed by atoms with E-state index in [4.69, 9.17) is 7.85 Å². The predicted octanol–water partition coefficient (Wildman–Crippen LogP) is 1.60. The molecule has 0 bridgehead atoms. The summed E-state index contributed by atoms with van der Waals surface area (Å²) in [6.45, 7) is 1.91. The largest absolute Gasteiger partial charge is 0.301 e. The average Bonchev–Trinajstić information content (AvgIpc) is 2.83. The fourth-order valence-corrected chi connectivity index (χ4v) is 2.79. The summed E-state index contributed by atoms with van der Waals surface area (Å²) in [4.78, 5) is 16.6. The van der Waals surface area contributed by atoms with Crippen LogP contribution in [-0.2, 0) is 0 Å². The van der Waals surface area contributed by atoms with Gasteiger partial charge in [0.15, 0.2) is 0 Å². The third-order valence-electron chi connectivity index (χ3n) is 3.72. The number of aryl methyl sites for hydroxylation is 1. The summed E-state index contributed by atoms with van der Waals surface area (Å²) in [6.07, 6.45) is 0. The quantitative estimate of drug-likeness (QED) is 0.602. The summed E-state index contributed by atoms with van der Waals surface area (Å²) in [5.41, 5.74) is 9.84. The highest BCUT2D eigenvalue weighted by atomic mass is 16.1. The van der Waals surface area contributed by atoms with Gasteiger partial charge in [0, 0.05) is 5.39 Å². The van der Waals surface area contributed by atoms with Crippen LogP contribution in [0.3, 0.4) is 0 Å². The molecule has 20 heavy (non-hydrogen) atoms. The van der Waals surface area contributed by atoms with Gasteiger partial charge < -0.3 is 5.43 Å². The van der Waals surface area contributed by atoms with Crippen LogP contribution in [0.5, 0.6) is 0 Å². The van der Waals surface area contributed by atoms with Gasteiger partial charge in [-0.25, -0.2) is 4.98 Å². The molecule has 2 aromatic carbocycles. The number of rotatable bonds is 0. The van der Waals surface area contributed by atoms with E-state index in [1.807, 2.05) is 31.2 Å². The maximum atomic E-state index is 12.3. The highest BCUT2D eigenvalue weighted by molar-refractivity contribution is 6.39. The van der Waals surface area contributed by atoms with Crippen LogP contribution in [0.15, 0.2) is 35.1 Å². The lowest BCUT2D eigenvalue weighted by atomic mass is 9.90. The van der Waals surface area contributed by atoms with Gasteiger partial charge in [0.1, 0.15) is 7.85 Å². The van der Waals surface area contributed by atoms with Crippen molar-refractivity contribution in [3.63, 3.8) is 0 Å². The lowest BCUT2D eigenvalue weighted by Gasteiger charge is -2.05. The Morgan fingerprint density at radius 3 is 2.60 bits per heavy atom. The van der Waals surface area contributed by atoms with Crippen LogP contribution < -0.4 is 21.9 Å². The molecule has 4 nitrogen and oxygen atoms in total. The zero-order valence-corrected chi connectivity index (χ0v) is 10.8. The molecule has 0 aliphatic carbocycles. The van der Waals surface area contributed by atoms with Gasteiger partial charge in [0.2, 0.25) is 0 Å². The fraction of sp³-hybridized carbons (Fsp3) is 0.0667. The van der Waals surface area contributed by atoms with Crippen LogP contribution >= 0.6 is 0 Å². The minimum Gasteiger partial charge on any atom is -0.301 e. The van der Waals surface area contributed by atoms with Crippen molar-refractivity contribution in [3.8, 4) is 0 Å². The molecule has 0 spiro atoms. The van der Waals surface area contributed by atoms with Crippen molar-refractivity contribution >= 4 is 46.4 Å². The second-order valence-corrected chi connectivity index (χ2v) is 4.97. The molecule has 4 rings (SSSR count). The second-order valence-electron chi connectivity index (χ2n) is 4.97. The van der Waals surface area contributed by atoms with Gasteiger partial charge >= 0.3 is 0 Å². The number of hydrazine groups is 1. The first kappa shape index (κ1) is 11.3. The smallest absolute Gasteiger partial charge is 0.278 e. The summed E-state index contributed by atoms with van der Waals surface area (Å²) in [7, 11) is 6.05. The van der Waals surface area contributed by atoms with Crippen molar-refractivity contribution in [2.24, 2.45) is 0 Å². The van der Waals surface area contributed by atoms with E-state index in [0.717, 1.165) is 27.7 Å². The molecular formula is C15H10BN3O. The third kappa shape index (κ3) is 1.32. The Labute approximate surface area is 116 Å². The second kappa shape index (κ2) is 3.73. The Morgan fingerprint density at radius 1 is 1.10 bits per heavy atom. The minimum absolute atomic E-state index is 0.223. The lowest BCUT2D eigenvalue weighted by molar-refractivity contribution is 1.33. The molecule has 94 valence electrons. The molecule has 1 aromatic heterocycles. The molecule has 1 aliphatic rings. The summed E-state index contributed by atoms with van der Waals surface area (Å²) < 4.78 is 0. The van der Waals surface area contributed by atoms with Gasteiger partial charge in [-0.15, -0.1) is 0 Å². The van der Waals surface area contributed by atoms with Crippen LogP contribution in [0.4, 0.5) is 11.4 Å². The van der Waals surface area contributed by atoms with Crippen molar-refractivity contribution < 1.29 is 0 Å². The Balaban J connectivity index is 2.43. The Kier molecular flexibility index (Phi) is 2.10. The highest BCUT2D eigenvalue weighted by Crippen LogP contribution is 2.37. The van der Waals surface area contributed by atoms with E-state index < -0.39 is 0 Å².